The Morgan fingerprint density at radius 2 is 1.90 bits per heavy atom. The third-order valence-corrected chi connectivity index (χ3v) is 5.77. The molecule has 0 amide bonds. The third-order valence-electron chi connectivity index (χ3n) is 5.22. The van der Waals surface area contributed by atoms with Crippen LogP contribution in [-0.4, -0.2) is 28.3 Å². The Morgan fingerprint density at radius 1 is 1.10 bits per heavy atom. The van der Waals surface area contributed by atoms with Crippen LogP contribution in [0.4, 0.5) is 5.82 Å². The van der Waals surface area contributed by atoms with Crippen molar-refractivity contribution >= 4 is 22.6 Å². The number of hydrogen-bond donors (Lipinski definition) is 2. The summed E-state index contributed by atoms with van der Waals surface area (Å²) in [6.07, 6.45) is 4.95. The lowest BCUT2D eigenvalue weighted by molar-refractivity contribution is 0.490. The second kappa shape index (κ2) is 7.60. The van der Waals surface area contributed by atoms with Gasteiger partial charge in [0.1, 0.15) is 5.52 Å². The fraction of sp³-hybridized carbons (Fsp3) is 0.190. The third kappa shape index (κ3) is 3.58. The van der Waals surface area contributed by atoms with Crippen LogP contribution >= 0.6 is 0 Å². The highest BCUT2D eigenvalue weighted by Gasteiger charge is 2.48. The summed E-state index contributed by atoms with van der Waals surface area (Å²) in [6, 6.07) is 17.8. The fourth-order valence-corrected chi connectivity index (χ4v) is 4.15. The van der Waals surface area contributed by atoms with Crippen molar-refractivity contribution in [2.24, 2.45) is 0 Å². The normalized spacial score (nSPS) is 15.8. The van der Waals surface area contributed by atoms with Crippen LogP contribution in [0.5, 0.6) is 0 Å². The van der Waals surface area contributed by atoms with Crippen LogP contribution < -0.4 is 10.0 Å². The molecular weight excluding hydrogens is 400 g/mol. The highest BCUT2D eigenvalue weighted by atomic mass is 32.2. The Balaban J connectivity index is 1.61. The van der Waals surface area contributed by atoms with Gasteiger partial charge in [0.2, 0.25) is 0 Å². The molecule has 0 radical (unpaired) electrons. The number of pyridine rings is 1. The fourth-order valence-electron chi connectivity index (χ4n) is 3.53. The highest BCUT2D eigenvalue weighted by Crippen LogP contribution is 2.44. The number of nitrogens with zero attached hydrogens (tertiary/aromatic N) is 4. The van der Waals surface area contributed by atoms with Gasteiger partial charge in [-0.05, 0) is 36.6 Å². The van der Waals surface area contributed by atoms with Crippen molar-refractivity contribution in [1.29, 1.82) is 0 Å². The van der Waals surface area contributed by atoms with Crippen LogP contribution in [0.15, 0.2) is 67.0 Å². The molecule has 1 fully saturated rings. The number of nitrogens with one attached hydrogen (secondary N) is 2. The smallest absolute Gasteiger partial charge is 0.172 e. The van der Waals surface area contributed by atoms with Gasteiger partial charge in [0, 0.05) is 29.2 Å². The van der Waals surface area contributed by atoms with Crippen molar-refractivity contribution in [1.82, 2.24) is 24.3 Å². The van der Waals surface area contributed by atoms with Crippen molar-refractivity contribution in [2.75, 3.05) is 5.32 Å². The Hall–Kier alpha value is -3.14. The van der Waals surface area contributed by atoms with Gasteiger partial charge < -0.3 is 9.87 Å². The predicted octanol–water partition coefficient (Wildman–Crippen LogP) is 2.78. The summed E-state index contributed by atoms with van der Waals surface area (Å²) in [4.78, 5) is 9.11. The van der Waals surface area contributed by atoms with Crippen molar-refractivity contribution in [2.45, 2.75) is 24.9 Å². The van der Waals surface area contributed by atoms with Crippen molar-refractivity contribution in [3.63, 3.8) is 0 Å². The van der Waals surface area contributed by atoms with Crippen molar-refractivity contribution < 1.29 is 8.76 Å². The van der Waals surface area contributed by atoms with E-state index in [1.54, 1.807) is 10.7 Å². The minimum absolute atomic E-state index is 0.456. The SMILES string of the molecule is O=S([O-])NC1(c2nc(NCc3ccccn3)c3c(-c4ccccc4)ccn3n2)CC1. The molecular formula is C21H19N6O2S-. The van der Waals surface area contributed by atoms with E-state index in [0.29, 0.717) is 31.0 Å². The standard InChI is InChI=1S/C21H20N6O2S/c28-30(29)26-21(10-11-21)20-24-19(23-14-16-8-4-5-12-22-16)18-17(9-13-27(18)25-20)15-6-2-1-3-7-15/h1-9,12-13,26H,10-11,14H2,(H,28,29)(H,23,24,25)/p-1. The second-order valence-corrected chi connectivity index (χ2v) is 7.94. The molecule has 9 heteroatoms. The summed E-state index contributed by atoms with van der Waals surface area (Å²) in [5.74, 6) is 1.09. The minimum Gasteiger partial charge on any atom is -0.760 e. The van der Waals surface area contributed by atoms with E-state index in [0.717, 1.165) is 22.3 Å². The lowest BCUT2D eigenvalue weighted by atomic mass is 10.1. The maximum atomic E-state index is 11.3. The molecule has 4 aromatic rings. The molecule has 1 saturated carbocycles. The molecule has 5 rings (SSSR count). The van der Waals surface area contributed by atoms with Crippen LogP contribution in [-0.2, 0) is 23.4 Å². The number of anilines is 1. The molecule has 152 valence electrons. The number of aromatic nitrogens is 4. The molecule has 0 spiro atoms. The Morgan fingerprint density at radius 3 is 2.60 bits per heavy atom. The van der Waals surface area contributed by atoms with E-state index in [-0.39, 0.29) is 0 Å². The molecule has 0 saturated heterocycles. The first-order valence-corrected chi connectivity index (χ1v) is 10.7. The molecule has 1 aromatic carbocycles. The second-order valence-electron chi connectivity index (χ2n) is 7.27. The van der Waals surface area contributed by atoms with Gasteiger partial charge in [-0.15, -0.1) is 0 Å². The lowest BCUT2D eigenvalue weighted by Crippen LogP contribution is -2.33. The monoisotopic (exact) mass is 419 g/mol. The van der Waals surface area contributed by atoms with Gasteiger partial charge >= 0.3 is 0 Å². The molecule has 1 aliphatic carbocycles. The van der Waals surface area contributed by atoms with E-state index < -0.39 is 16.8 Å². The quantitative estimate of drug-likeness (QED) is 0.446. The molecule has 2 N–H and O–H groups in total. The Labute approximate surface area is 175 Å². The highest BCUT2D eigenvalue weighted by molar-refractivity contribution is 7.77. The van der Waals surface area contributed by atoms with Crippen LogP contribution in [0, 0.1) is 0 Å². The van der Waals surface area contributed by atoms with Crippen LogP contribution in [0.3, 0.4) is 0 Å². The summed E-state index contributed by atoms with van der Waals surface area (Å²) in [5.41, 5.74) is 3.02. The maximum Gasteiger partial charge on any atom is 0.172 e. The summed E-state index contributed by atoms with van der Waals surface area (Å²) in [7, 11) is 0. The average molecular weight is 419 g/mol. The van der Waals surface area contributed by atoms with Gasteiger partial charge in [0.25, 0.3) is 0 Å². The minimum atomic E-state index is -2.39. The molecule has 30 heavy (non-hydrogen) atoms. The van der Waals surface area contributed by atoms with Gasteiger partial charge in [-0.25, -0.2) is 14.2 Å². The molecule has 0 aliphatic heterocycles. The number of fused-ring (bicyclic) bond motifs is 1. The van der Waals surface area contributed by atoms with Gasteiger partial charge in [-0.2, -0.15) is 5.10 Å². The number of rotatable bonds is 7. The Bertz CT molecular complexity index is 1210. The van der Waals surface area contributed by atoms with Crippen LogP contribution in [0.1, 0.15) is 24.4 Å². The van der Waals surface area contributed by atoms with E-state index in [1.165, 1.54) is 0 Å². The van der Waals surface area contributed by atoms with Crippen molar-refractivity contribution in [3.8, 4) is 11.1 Å². The molecule has 1 aliphatic rings. The van der Waals surface area contributed by atoms with E-state index >= 15 is 0 Å². The molecule has 3 aromatic heterocycles. The summed E-state index contributed by atoms with van der Waals surface area (Å²) in [6.45, 7) is 0.486. The van der Waals surface area contributed by atoms with Gasteiger partial charge in [-0.3, -0.25) is 9.19 Å². The van der Waals surface area contributed by atoms with Gasteiger partial charge in [-0.1, -0.05) is 36.4 Å². The predicted molar refractivity (Wildman–Crippen MR) is 113 cm³/mol. The maximum absolute atomic E-state index is 11.3. The van der Waals surface area contributed by atoms with Crippen molar-refractivity contribution in [3.05, 3.63) is 78.5 Å². The van der Waals surface area contributed by atoms with Gasteiger partial charge in [0.15, 0.2) is 11.6 Å². The zero-order valence-electron chi connectivity index (χ0n) is 16.0. The molecule has 0 bridgehead atoms. The van der Waals surface area contributed by atoms with Gasteiger partial charge in [0.05, 0.1) is 17.8 Å². The summed E-state index contributed by atoms with van der Waals surface area (Å²) >= 11 is -2.39. The zero-order chi connectivity index (χ0) is 20.6. The van der Waals surface area contributed by atoms with E-state index in [4.69, 9.17) is 4.98 Å². The zero-order valence-corrected chi connectivity index (χ0v) is 16.8. The van der Waals surface area contributed by atoms with Crippen LogP contribution in [0.2, 0.25) is 0 Å². The average Bonchev–Trinajstić information content (AvgIpc) is 3.41. The summed E-state index contributed by atoms with van der Waals surface area (Å²) < 4.78 is 26.9. The van der Waals surface area contributed by atoms with E-state index in [1.807, 2.05) is 60.8 Å². The lowest BCUT2D eigenvalue weighted by Gasteiger charge is -2.19. The van der Waals surface area contributed by atoms with Crippen LogP contribution in [0.25, 0.3) is 16.6 Å². The number of benzene rings is 1. The largest absolute Gasteiger partial charge is 0.760 e. The van der Waals surface area contributed by atoms with E-state index in [9.17, 15) is 8.76 Å². The first-order chi connectivity index (χ1) is 14.6. The summed E-state index contributed by atoms with van der Waals surface area (Å²) in [5, 5.41) is 8.02. The molecule has 1 atom stereocenters. The first-order valence-electron chi connectivity index (χ1n) is 9.61. The Kier molecular flexibility index (Phi) is 4.78. The molecule has 3 heterocycles. The topological polar surface area (TPSA) is 107 Å². The molecule has 1 unspecified atom stereocenters. The van der Waals surface area contributed by atoms with E-state index in [2.05, 4.69) is 20.1 Å². The first kappa shape index (κ1) is 18.9. The molecule has 8 nitrogen and oxygen atoms in total. The number of hydrogen-bond acceptors (Lipinski definition) is 6.